The first-order valence-electron chi connectivity index (χ1n) is 6.97. The number of hydrogen-bond acceptors (Lipinski definition) is 3. The van der Waals surface area contributed by atoms with Crippen molar-refractivity contribution in [3.8, 4) is 0 Å². The molecule has 1 heterocycles. The van der Waals surface area contributed by atoms with Gasteiger partial charge in [0, 0.05) is 0 Å². The average Bonchev–Trinajstić information content (AvgIpc) is 2.35. The highest BCUT2D eigenvalue weighted by Crippen LogP contribution is 2.39. The fourth-order valence-electron chi connectivity index (χ4n) is 2.73. The number of rotatable bonds is 1. The van der Waals surface area contributed by atoms with Crippen molar-refractivity contribution in [2.45, 2.75) is 58.9 Å². The van der Waals surface area contributed by atoms with Gasteiger partial charge in [-0.25, -0.2) is 0 Å². The van der Waals surface area contributed by atoms with Crippen molar-refractivity contribution in [1.82, 2.24) is 5.32 Å². The second-order valence-corrected chi connectivity index (χ2v) is 6.74. The van der Waals surface area contributed by atoms with Gasteiger partial charge in [0.1, 0.15) is 11.3 Å². The maximum absolute atomic E-state index is 12.4. The van der Waals surface area contributed by atoms with E-state index in [4.69, 9.17) is 5.73 Å². The molecule has 19 heavy (non-hydrogen) atoms. The molecule has 0 radical (unpaired) electrons. The van der Waals surface area contributed by atoms with Gasteiger partial charge in [0.25, 0.3) is 5.91 Å². The first kappa shape index (κ1) is 14.2. The fraction of sp³-hybridized carbons (Fsp3) is 0.786. The number of aliphatic imine (C=N–C) groups is 1. The van der Waals surface area contributed by atoms with E-state index < -0.39 is 11.5 Å². The summed E-state index contributed by atoms with van der Waals surface area (Å²) in [6.45, 7) is 5.88. The molecule has 106 valence electrons. The van der Waals surface area contributed by atoms with Gasteiger partial charge in [0.2, 0.25) is 5.91 Å². The van der Waals surface area contributed by atoms with E-state index in [0.29, 0.717) is 18.7 Å². The molecule has 1 aliphatic carbocycles. The van der Waals surface area contributed by atoms with Gasteiger partial charge < -0.3 is 11.1 Å². The lowest BCUT2D eigenvalue weighted by Gasteiger charge is -2.38. The molecule has 0 saturated heterocycles. The van der Waals surface area contributed by atoms with E-state index in [1.165, 1.54) is 0 Å². The van der Waals surface area contributed by atoms with Crippen LogP contribution in [0.15, 0.2) is 4.99 Å². The molecular weight excluding hydrogens is 242 g/mol. The van der Waals surface area contributed by atoms with Crippen molar-refractivity contribution in [2.24, 2.45) is 21.6 Å². The van der Waals surface area contributed by atoms with Crippen LogP contribution in [0.4, 0.5) is 0 Å². The third kappa shape index (κ3) is 2.43. The molecule has 5 nitrogen and oxygen atoms in total. The zero-order valence-electron chi connectivity index (χ0n) is 12.0. The Morgan fingerprint density at radius 1 is 1.21 bits per heavy atom. The summed E-state index contributed by atoms with van der Waals surface area (Å²) in [6.07, 6.45) is 4.13. The van der Waals surface area contributed by atoms with Crippen LogP contribution in [0.25, 0.3) is 0 Å². The molecule has 2 aliphatic rings. The third-order valence-corrected chi connectivity index (χ3v) is 4.24. The SMILES string of the molecule is CC(C)(C)C(N)C1=NC(=O)C2(CCCCC2)C(=O)N1. The lowest BCUT2D eigenvalue weighted by Crippen LogP contribution is -2.59. The topological polar surface area (TPSA) is 84.5 Å². The number of nitrogens with two attached hydrogens (primary N) is 1. The van der Waals surface area contributed by atoms with E-state index in [1.807, 2.05) is 20.8 Å². The Labute approximate surface area is 114 Å². The molecule has 0 aromatic heterocycles. The van der Waals surface area contributed by atoms with Crippen LogP contribution in [0, 0.1) is 10.8 Å². The van der Waals surface area contributed by atoms with Crippen LogP contribution in [0.1, 0.15) is 52.9 Å². The Kier molecular flexibility index (Phi) is 3.51. The second kappa shape index (κ2) is 4.71. The summed E-state index contributed by atoms with van der Waals surface area (Å²) in [5.74, 6) is -0.189. The van der Waals surface area contributed by atoms with Crippen molar-refractivity contribution in [3.05, 3.63) is 0 Å². The third-order valence-electron chi connectivity index (χ3n) is 4.24. The van der Waals surface area contributed by atoms with E-state index in [-0.39, 0.29) is 17.2 Å². The van der Waals surface area contributed by atoms with Crippen molar-refractivity contribution in [3.63, 3.8) is 0 Å². The number of nitrogens with zero attached hydrogens (tertiary/aromatic N) is 1. The van der Waals surface area contributed by atoms with Crippen LogP contribution in [-0.2, 0) is 9.59 Å². The minimum atomic E-state index is -0.917. The monoisotopic (exact) mass is 265 g/mol. The van der Waals surface area contributed by atoms with Gasteiger partial charge in [-0.2, -0.15) is 4.99 Å². The summed E-state index contributed by atoms with van der Waals surface area (Å²) in [5.41, 5.74) is 4.91. The Morgan fingerprint density at radius 3 is 2.26 bits per heavy atom. The quantitative estimate of drug-likeness (QED) is 0.702. The van der Waals surface area contributed by atoms with E-state index in [9.17, 15) is 9.59 Å². The van der Waals surface area contributed by atoms with Crippen molar-refractivity contribution < 1.29 is 9.59 Å². The minimum Gasteiger partial charge on any atom is -0.321 e. The highest BCUT2D eigenvalue weighted by atomic mass is 16.2. The molecule has 3 N–H and O–H groups in total. The molecule has 0 aromatic carbocycles. The van der Waals surface area contributed by atoms with Crippen LogP contribution in [0.3, 0.4) is 0 Å². The molecule has 2 amide bonds. The highest BCUT2D eigenvalue weighted by molar-refractivity contribution is 6.20. The van der Waals surface area contributed by atoms with Gasteiger partial charge >= 0.3 is 0 Å². The van der Waals surface area contributed by atoms with Crippen molar-refractivity contribution in [2.75, 3.05) is 0 Å². The average molecular weight is 265 g/mol. The summed E-state index contributed by atoms with van der Waals surface area (Å²) < 4.78 is 0. The fourth-order valence-corrected chi connectivity index (χ4v) is 2.73. The Hall–Kier alpha value is -1.23. The summed E-state index contributed by atoms with van der Waals surface area (Å²) in [6, 6.07) is -0.443. The van der Waals surface area contributed by atoms with Gasteiger partial charge in [-0.15, -0.1) is 0 Å². The van der Waals surface area contributed by atoms with Crippen LogP contribution < -0.4 is 11.1 Å². The number of amidine groups is 1. The zero-order chi connectivity index (χ0) is 14.3. The molecule has 1 unspecified atom stereocenters. The van der Waals surface area contributed by atoms with Crippen LogP contribution in [0.5, 0.6) is 0 Å². The molecule has 0 bridgehead atoms. The van der Waals surface area contributed by atoms with Crippen molar-refractivity contribution in [1.29, 1.82) is 0 Å². The maximum Gasteiger partial charge on any atom is 0.263 e. The van der Waals surface area contributed by atoms with Gasteiger partial charge in [-0.3, -0.25) is 9.59 Å². The predicted molar refractivity (Wildman–Crippen MR) is 73.5 cm³/mol. The minimum absolute atomic E-state index is 0.207. The van der Waals surface area contributed by atoms with E-state index in [2.05, 4.69) is 10.3 Å². The molecule has 1 saturated carbocycles. The number of carbonyl (C=O) groups is 2. The summed E-state index contributed by atoms with van der Waals surface area (Å²) >= 11 is 0. The van der Waals surface area contributed by atoms with E-state index >= 15 is 0 Å². The molecule has 0 aromatic rings. The number of carbonyl (C=O) groups excluding carboxylic acids is 2. The molecule has 1 spiro atoms. The van der Waals surface area contributed by atoms with Crippen LogP contribution >= 0.6 is 0 Å². The van der Waals surface area contributed by atoms with Crippen LogP contribution in [-0.4, -0.2) is 23.7 Å². The lowest BCUT2D eigenvalue weighted by atomic mass is 9.71. The number of nitrogens with one attached hydrogen (secondary N) is 1. The molecule has 1 atom stereocenters. The largest absolute Gasteiger partial charge is 0.321 e. The van der Waals surface area contributed by atoms with Gasteiger partial charge in [-0.1, -0.05) is 40.0 Å². The summed E-state index contributed by atoms with van der Waals surface area (Å²) in [7, 11) is 0. The molecule has 5 heteroatoms. The van der Waals surface area contributed by atoms with Gasteiger partial charge in [0.05, 0.1) is 6.04 Å². The lowest BCUT2D eigenvalue weighted by molar-refractivity contribution is -0.144. The Morgan fingerprint density at radius 2 is 1.79 bits per heavy atom. The first-order valence-corrected chi connectivity index (χ1v) is 6.97. The predicted octanol–water partition coefficient (Wildman–Crippen LogP) is 1.37. The molecular formula is C14H23N3O2. The molecule has 1 aliphatic heterocycles. The van der Waals surface area contributed by atoms with Gasteiger partial charge in [0.15, 0.2) is 0 Å². The Bertz CT molecular complexity index is 428. The van der Waals surface area contributed by atoms with E-state index in [1.54, 1.807) is 0 Å². The normalized spacial score (nSPS) is 24.9. The highest BCUT2D eigenvalue weighted by Gasteiger charge is 2.50. The Balaban J connectivity index is 2.28. The van der Waals surface area contributed by atoms with Crippen molar-refractivity contribution >= 4 is 17.6 Å². The number of hydrogen-bond donors (Lipinski definition) is 2. The zero-order valence-corrected chi connectivity index (χ0v) is 12.0. The summed E-state index contributed by atoms with van der Waals surface area (Å²) in [5, 5.41) is 2.78. The standard InChI is InChI=1S/C14H23N3O2/c1-13(2,3)9(15)10-16-11(18)14(12(19)17-10)7-5-4-6-8-14/h9H,4-8,15H2,1-3H3,(H,16,17,18,19). The first-order chi connectivity index (χ1) is 8.77. The number of amides is 2. The van der Waals surface area contributed by atoms with Gasteiger partial charge in [-0.05, 0) is 18.3 Å². The summed E-state index contributed by atoms with van der Waals surface area (Å²) in [4.78, 5) is 28.8. The molecule has 2 rings (SSSR count). The maximum atomic E-state index is 12.4. The molecule has 1 fully saturated rings. The smallest absolute Gasteiger partial charge is 0.263 e. The van der Waals surface area contributed by atoms with Crippen LogP contribution in [0.2, 0.25) is 0 Å². The second-order valence-electron chi connectivity index (χ2n) is 6.74. The van der Waals surface area contributed by atoms with E-state index in [0.717, 1.165) is 19.3 Å².